The number of hydrogen-bond donors (Lipinski definition) is 0. The van der Waals surface area contributed by atoms with Crippen LogP contribution in [0.25, 0.3) is 139 Å². The number of pyridine rings is 1. The Bertz CT molecular complexity index is 6210. The van der Waals surface area contributed by atoms with E-state index >= 15 is 0 Å². The third-order valence-electron chi connectivity index (χ3n) is 18.1. The molecule has 0 fully saturated rings. The molecule has 92 heavy (non-hydrogen) atoms. The average molecular weight is 1210 g/mol. The number of para-hydroxylation sites is 2. The smallest absolute Gasteiger partial charge is 0.269 e. The molecule has 0 unspecified atom stereocenters. The lowest BCUT2D eigenvalue weighted by molar-refractivity contribution is -0.570. The normalized spacial score (nSPS) is 15.0. The van der Waals surface area contributed by atoms with Crippen LogP contribution in [0.2, 0.25) is 0 Å². The number of fused-ring (bicyclic) bond motifs is 13. The molecule has 6 nitrogen and oxygen atoms in total. The standard InChI is InChI=1S/C86H72N4O2/c1-52-22-20-23-53(2)81(52)57-44-71(56-40-59(85(6,7)8)47-60(41-56)86(9,10)11)82-73(45-57)66-28-14-12-26-64(66)65-27-13-15-29-67(65)74-43-55(54-34-37-79-72(42-54)70-31-17-19-33-78(70)92-79)46-77-83(74)89(82)51-88(77)61-24-21-25-62(49-61)91-63-35-36-69-68-30-16-18-32-75(68)90(76(69)50-63)80-48-58(38-39-87-80)84(3,4)5/h12-50H,1-11H3/i1D3,2D3,12D,13D,14D,15D,26D,27D,28D,29D. The van der Waals surface area contributed by atoms with E-state index in [0.717, 1.165) is 55.1 Å². The number of imidazole rings is 1. The first-order chi connectivity index (χ1) is 50.0. The van der Waals surface area contributed by atoms with E-state index in [1.54, 1.807) is 16.7 Å². The van der Waals surface area contributed by atoms with Crippen LogP contribution in [0.1, 0.15) is 109 Å². The van der Waals surface area contributed by atoms with Gasteiger partial charge in [0.2, 0.25) is 0 Å². The highest BCUT2D eigenvalue weighted by Gasteiger charge is 2.31. The van der Waals surface area contributed by atoms with Crippen molar-refractivity contribution in [1.29, 1.82) is 0 Å². The molecule has 15 aromatic rings. The van der Waals surface area contributed by atoms with Crippen molar-refractivity contribution in [1.82, 2.24) is 14.1 Å². The average Bonchev–Trinajstić information content (AvgIpc) is 1.46. The molecule has 4 aromatic heterocycles. The van der Waals surface area contributed by atoms with Gasteiger partial charge in [-0.1, -0.05) is 202 Å². The minimum atomic E-state index is -2.91. The third kappa shape index (κ3) is 9.45. The molecule has 448 valence electrons. The molecule has 16 rings (SSSR count). The Hall–Kier alpha value is -10.6. The molecule has 0 radical (unpaired) electrons. The van der Waals surface area contributed by atoms with Gasteiger partial charge in [-0.15, -0.1) is 0 Å². The van der Waals surface area contributed by atoms with Crippen molar-refractivity contribution in [2.24, 2.45) is 0 Å². The number of ether oxygens (including phenoxy) is 1. The monoisotopic (exact) mass is 1210 g/mol. The molecule has 0 N–H and O–H groups in total. The van der Waals surface area contributed by atoms with E-state index in [1.807, 2.05) is 138 Å². The Morgan fingerprint density at radius 2 is 1.08 bits per heavy atom. The maximum Gasteiger partial charge on any atom is 0.269 e. The van der Waals surface area contributed by atoms with Crippen LogP contribution in [0.5, 0.6) is 11.5 Å². The molecule has 11 aromatic carbocycles. The van der Waals surface area contributed by atoms with Crippen LogP contribution in [-0.2, 0) is 16.2 Å². The zero-order valence-corrected chi connectivity index (χ0v) is 52.5. The number of rotatable bonds is 7. The maximum absolute atomic E-state index is 10.4. The van der Waals surface area contributed by atoms with E-state index in [2.05, 4.69) is 97.5 Å². The predicted octanol–water partition coefficient (Wildman–Crippen LogP) is 22.7. The van der Waals surface area contributed by atoms with Crippen LogP contribution in [0.15, 0.2) is 241 Å². The fourth-order valence-corrected chi connectivity index (χ4v) is 13.3. The van der Waals surface area contributed by atoms with Gasteiger partial charge in [0.25, 0.3) is 6.33 Å². The molecule has 1 aliphatic heterocycles. The second kappa shape index (κ2) is 21.0. The van der Waals surface area contributed by atoms with Crippen molar-refractivity contribution < 1.29 is 32.9 Å². The summed E-state index contributed by atoms with van der Waals surface area (Å²) in [7, 11) is 0. The van der Waals surface area contributed by atoms with Crippen LogP contribution in [0, 0.1) is 20.0 Å². The highest BCUT2D eigenvalue weighted by Crippen LogP contribution is 2.50. The number of hydrogen-bond acceptors (Lipinski definition) is 3. The maximum atomic E-state index is 10.4. The lowest BCUT2D eigenvalue weighted by atomic mass is 9.78. The van der Waals surface area contributed by atoms with Crippen molar-refractivity contribution in [3.8, 4) is 95.5 Å². The van der Waals surface area contributed by atoms with Crippen LogP contribution < -0.4 is 9.30 Å². The zero-order valence-electron chi connectivity index (χ0n) is 66.5. The number of nitrogens with zero attached hydrogens (tertiary/aromatic N) is 4. The molecule has 6 heteroatoms. The molecule has 5 heterocycles. The Morgan fingerprint density at radius 3 is 1.79 bits per heavy atom. The minimum absolute atomic E-state index is 0.0305. The molecule has 0 atom stereocenters. The fourth-order valence-electron chi connectivity index (χ4n) is 13.3. The van der Waals surface area contributed by atoms with Crippen LogP contribution >= 0.6 is 0 Å². The van der Waals surface area contributed by atoms with Gasteiger partial charge in [-0.05, 0) is 209 Å². The third-order valence-corrected chi connectivity index (χ3v) is 18.1. The molecule has 1 aliphatic rings. The Labute approximate surface area is 558 Å². The van der Waals surface area contributed by atoms with E-state index in [-0.39, 0.29) is 66.7 Å². The molecule has 0 spiro atoms. The van der Waals surface area contributed by atoms with Gasteiger partial charge >= 0.3 is 0 Å². The van der Waals surface area contributed by atoms with Gasteiger partial charge < -0.3 is 9.15 Å². The number of aryl methyl sites for hydroxylation is 2. The van der Waals surface area contributed by atoms with Gasteiger partial charge in [-0.25, -0.2) is 4.98 Å². The summed E-state index contributed by atoms with van der Waals surface area (Å²) in [5.41, 5.74) is 7.27. The summed E-state index contributed by atoms with van der Waals surface area (Å²) in [5, 5.41) is 3.69. The van der Waals surface area contributed by atoms with Crippen LogP contribution in [0.4, 0.5) is 0 Å². The SMILES string of the molecule is [2H]c1c([2H])c([2H])c2c(c1[2H])-c1cc(-c3c(C([2H])([2H])[2H])cccc3C([2H])([2H])[2H])cc(-c3cc(C(C)(C)C)cc(C(C)(C)C)c3)c1-[n+]1[c-]n(-c3cccc(Oc4ccc5c6ccccc6n(-c6cc(C(C)(C)C)ccn6)c5c4)c3)c3cc(-c4ccc5oc6ccccc6c5c4)cc(c31)-c1c([2H])c([2H])c([2H])c([2H])c1-2. The molecule has 0 saturated carbocycles. The molecule has 0 amide bonds. The number of aromatic nitrogens is 4. The molecular weight excluding hydrogens is 1120 g/mol. The summed E-state index contributed by atoms with van der Waals surface area (Å²) in [6.07, 6.45) is 5.64. The van der Waals surface area contributed by atoms with E-state index in [1.165, 1.54) is 18.2 Å². The van der Waals surface area contributed by atoms with Crippen molar-refractivity contribution in [2.45, 2.75) is 92.3 Å². The molecular formula is C86H72N4O2. The van der Waals surface area contributed by atoms with E-state index in [4.69, 9.17) is 22.4 Å². The van der Waals surface area contributed by atoms with Crippen molar-refractivity contribution in [2.75, 3.05) is 0 Å². The Kier molecular flexibility index (Phi) is 9.87. The van der Waals surface area contributed by atoms with E-state index in [9.17, 15) is 11.0 Å². The van der Waals surface area contributed by atoms with E-state index < -0.39 is 72.9 Å². The molecule has 0 bridgehead atoms. The van der Waals surface area contributed by atoms with Gasteiger partial charge in [0.15, 0.2) is 0 Å². The first-order valence-electron chi connectivity index (χ1n) is 38.0. The second-order valence-electron chi connectivity index (χ2n) is 27.2. The number of furan rings is 1. The topological polar surface area (TPSA) is 49.0 Å². The van der Waals surface area contributed by atoms with Gasteiger partial charge in [0, 0.05) is 42.0 Å². The summed E-state index contributed by atoms with van der Waals surface area (Å²) in [4.78, 5) is 4.92. The van der Waals surface area contributed by atoms with E-state index in [0.29, 0.717) is 61.6 Å². The lowest BCUT2D eigenvalue weighted by Gasteiger charge is -2.28. The second-order valence-corrected chi connectivity index (χ2v) is 27.2. The molecule has 0 aliphatic carbocycles. The predicted molar refractivity (Wildman–Crippen MR) is 381 cm³/mol. The zero-order chi connectivity index (χ0) is 75.1. The highest BCUT2D eigenvalue weighted by molar-refractivity contribution is 6.10. The lowest BCUT2D eigenvalue weighted by Crippen LogP contribution is -2.32. The Morgan fingerprint density at radius 1 is 0.457 bits per heavy atom. The molecule has 0 saturated heterocycles. The summed E-state index contributed by atoms with van der Waals surface area (Å²) < 4.78 is 153. The fraction of sp³-hybridized carbons (Fsp3) is 0.163. The summed E-state index contributed by atoms with van der Waals surface area (Å²) >= 11 is 0. The van der Waals surface area contributed by atoms with Crippen molar-refractivity contribution in [3.63, 3.8) is 0 Å². The summed E-state index contributed by atoms with van der Waals surface area (Å²) in [6.45, 7) is 13.2. The summed E-state index contributed by atoms with van der Waals surface area (Å²) in [6, 6.07) is 51.9. The van der Waals surface area contributed by atoms with Crippen molar-refractivity contribution >= 4 is 54.8 Å². The van der Waals surface area contributed by atoms with Gasteiger partial charge in [0.05, 0.1) is 44.4 Å². The first kappa shape index (κ1) is 43.2. The first-order valence-corrected chi connectivity index (χ1v) is 31.0. The van der Waals surface area contributed by atoms with Gasteiger partial charge in [-0.2, -0.15) is 0 Å². The quantitative estimate of drug-likeness (QED) is 0.118. The van der Waals surface area contributed by atoms with Crippen LogP contribution in [-0.4, -0.2) is 14.1 Å². The highest BCUT2D eigenvalue weighted by atomic mass is 16.5. The number of benzene rings is 11. The van der Waals surface area contributed by atoms with Crippen molar-refractivity contribution in [3.05, 3.63) is 271 Å². The van der Waals surface area contributed by atoms with Crippen LogP contribution in [0.3, 0.4) is 0 Å². The minimum Gasteiger partial charge on any atom is -0.458 e. The van der Waals surface area contributed by atoms with Gasteiger partial charge in [0.1, 0.15) is 28.5 Å². The van der Waals surface area contributed by atoms with Gasteiger partial charge in [-0.3, -0.25) is 13.7 Å². The summed E-state index contributed by atoms with van der Waals surface area (Å²) in [5.74, 6) is 1.69. The largest absolute Gasteiger partial charge is 0.458 e. The Balaban J connectivity index is 1.07.